The maximum absolute atomic E-state index is 11.8. The van der Waals surface area contributed by atoms with E-state index in [1.807, 2.05) is 24.3 Å². The highest BCUT2D eigenvalue weighted by Crippen LogP contribution is 2.15. The van der Waals surface area contributed by atoms with Crippen molar-refractivity contribution in [2.24, 2.45) is 0 Å². The first kappa shape index (κ1) is 12.3. The van der Waals surface area contributed by atoms with Crippen LogP contribution in [0.5, 0.6) is 0 Å². The average molecular weight is 296 g/mol. The molecule has 0 N–H and O–H groups in total. The molecule has 1 aromatic carbocycles. The Kier molecular flexibility index (Phi) is 3.94. The Balaban J connectivity index is 2.04. The molecular weight excluding hydrogens is 282 g/mol. The van der Waals surface area contributed by atoms with Crippen LogP contribution in [0.25, 0.3) is 0 Å². The van der Waals surface area contributed by atoms with Gasteiger partial charge in [0.1, 0.15) is 5.78 Å². The summed E-state index contributed by atoms with van der Waals surface area (Å²) in [5.41, 5.74) is 1.09. The van der Waals surface area contributed by atoms with Crippen LogP contribution in [0, 0.1) is 0 Å². The van der Waals surface area contributed by atoms with Crippen LogP contribution in [0.4, 0.5) is 0 Å². The molecule has 0 saturated carbocycles. The van der Waals surface area contributed by atoms with Gasteiger partial charge in [-0.15, -0.1) is 0 Å². The minimum atomic E-state index is 0.0822. The number of carbonyl (C=O) groups is 2. The smallest absolute Gasteiger partial charge is 0.223 e. The van der Waals surface area contributed by atoms with Crippen LogP contribution >= 0.6 is 15.9 Å². The number of amides is 1. The average Bonchev–Trinajstić information content (AvgIpc) is 2.47. The Bertz CT molecular complexity index is 428. The first-order chi connectivity index (χ1) is 8.15. The highest BCUT2D eigenvalue weighted by molar-refractivity contribution is 9.10. The lowest BCUT2D eigenvalue weighted by Gasteiger charge is -2.20. The van der Waals surface area contributed by atoms with E-state index in [0.29, 0.717) is 32.4 Å². The van der Waals surface area contributed by atoms with E-state index in [-0.39, 0.29) is 11.7 Å². The van der Waals surface area contributed by atoms with Crippen molar-refractivity contribution in [1.82, 2.24) is 4.90 Å². The minimum Gasteiger partial charge on any atom is -0.338 e. The largest absolute Gasteiger partial charge is 0.338 e. The van der Waals surface area contributed by atoms with Crippen molar-refractivity contribution < 1.29 is 9.59 Å². The Morgan fingerprint density at radius 2 is 1.76 bits per heavy atom. The number of Topliss-reactive ketones (excluding diaryl/α,β-unsaturated/α-hetero) is 1. The fraction of sp³-hybridized carbons (Fsp3) is 0.385. The van der Waals surface area contributed by atoms with Crippen LogP contribution in [-0.4, -0.2) is 23.1 Å². The van der Waals surface area contributed by atoms with E-state index in [9.17, 15) is 9.59 Å². The van der Waals surface area contributed by atoms with Gasteiger partial charge >= 0.3 is 0 Å². The van der Waals surface area contributed by atoms with Gasteiger partial charge in [0.05, 0.1) is 0 Å². The fourth-order valence-corrected chi connectivity index (χ4v) is 2.16. The molecule has 1 aliphatic heterocycles. The van der Waals surface area contributed by atoms with Crippen molar-refractivity contribution in [2.75, 3.05) is 6.54 Å². The van der Waals surface area contributed by atoms with Crippen molar-refractivity contribution >= 4 is 27.6 Å². The summed E-state index contributed by atoms with van der Waals surface area (Å²) in [6.07, 6.45) is 1.24. The van der Waals surface area contributed by atoms with Crippen LogP contribution < -0.4 is 0 Å². The Morgan fingerprint density at radius 1 is 1.06 bits per heavy atom. The molecule has 3 nitrogen and oxygen atoms in total. The number of hydrogen-bond acceptors (Lipinski definition) is 2. The second kappa shape index (κ2) is 5.45. The van der Waals surface area contributed by atoms with Gasteiger partial charge in [-0.25, -0.2) is 0 Å². The van der Waals surface area contributed by atoms with Crippen LogP contribution in [0.15, 0.2) is 28.7 Å². The quantitative estimate of drug-likeness (QED) is 0.841. The predicted molar refractivity (Wildman–Crippen MR) is 68.4 cm³/mol. The van der Waals surface area contributed by atoms with Gasteiger partial charge in [-0.1, -0.05) is 28.1 Å². The van der Waals surface area contributed by atoms with E-state index >= 15 is 0 Å². The zero-order valence-corrected chi connectivity index (χ0v) is 11.1. The second-order valence-electron chi connectivity index (χ2n) is 4.23. The molecule has 0 spiro atoms. The van der Waals surface area contributed by atoms with Crippen molar-refractivity contribution in [3.63, 3.8) is 0 Å². The number of hydrogen-bond donors (Lipinski definition) is 0. The normalized spacial score (nSPS) is 17.1. The lowest BCUT2D eigenvalue weighted by molar-refractivity contribution is -0.131. The van der Waals surface area contributed by atoms with E-state index in [1.165, 1.54) is 0 Å². The number of rotatable bonds is 2. The highest BCUT2D eigenvalue weighted by atomic mass is 79.9. The SMILES string of the molecule is O=C1CCC(=O)N(Cc2ccc(Br)cc2)CC1. The highest BCUT2D eigenvalue weighted by Gasteiger charge is 2.20. The lowest BCUT2D eigenvalue weighted by Crippen LogP contribution is -2.29. The van der Waals surface area contributed by atoms with Gasteiger partial charge < -0.3 is 4.90 Å². The van der Waals surface area contributed by atoms with Crippen molar-refractivity contribution in [3.8, 4) is 0 Å². The molecule has 1 heterocycles. The Hall–Kier alpha value is -1.16. The van der Waals surface area contributed by atoms with Gasteiger partial charge in [-0.3, -0.25) is 9.59 Å². The third kappa shape index (κ3) is 3.40. The van der Waals surface area contributed by atoms with E-state index in [1.54, 1.807) is 4.90 Å². The van der Waals surface area contributed by atoms with Crippen LogP contribution in [-0.2, 0) is 16.1 Å². The molecule has 90 valence electrons. The number of nitrogens with zero attached hydrogens (tertiary/aromatic N) is 1. The van der Waals surface area contributed by atoms with E-state index in [0.717, 1.165) is 10.0 Å². The van der Waals surface area contributed by atoms with Crippen molar-refractivity contribution in [3.05, 3.63) is 34.3 Å². The van der Waals surface area contributed by atoms with Crippen molar-refractivity contribution in [2.45, 2.75) is 25.8 Å². The molecule has 0 atom stereocenters. The molecule has 0 unspecified atom stereocenters. The van der Waals surface area contributed by atoms with Crippen LogP contribution in [0.1, 0.15) is 24.8 Å². The molecule has 4 heteroatoms. The molecule has 0 bridgehead atoms. The van der Waals surface area contributed by atoms with E-state index in [2.05, 4.69) is 15.9 Å². The Morgan fingerprint density at radius 3 is 2.47 bits per heavy atom. The molecule has 1 amide bonds. The standard InChI is InChI=1S/C13H14BrNO2/c14-11-3-1-10(2-4-11)9-15-8-7-12(16)5-6-13(15)17/h1-4H,5-9H2. The zero-order chi connectivity index (χ0) is 12.3. The first-order valence-corrected chi connectivity index (χ1v) is 6.48. The maximum atomic E-state index is 11.8. The molecular formula is C13H14BrNO2. The van der Waals surface area contributed by atoms with Gasteiger partial charge in [0.15, 0.2) is 0 Å². The number of halogens is 1. The van der Waals surface area contributed by atoms with E-state index < -0.39 is 0 Å². The summed E-state index contributed by atoms with van der Waals surface area (Å²) in [4.78, 5) is 24.9. The molecule has 1 fully saturated rings. The predicted octanol–water partition coefficient (Wildman–Crippen LogP) is 2.53. The zero-order valence-electron chi connectivity index (χ0n) is 9.49. The Labute approximate surface area is 109 Å². The molecule has 2 rings (SSSR count). The van der Waals surface area contributed by atoms with Crippen LogP contribution in [0.2, 0.25) is 0 Å². The van der Waals surface area contributed by atoms with Gasteiger partial charge in [0.2, 0.25) is 5.91 Å². The third-order valence-electron chi connectivity index (χ3n) is 2.92. The summed E-state index contributed by atoms with van der Waals surface area (Å²) >= 11 is 3.38. The van der Waals surface area contributed by atoms with Crippen LogP contribution in [0.3, 0.4) is 0 Å². The number of likely N-dealkylation sites (tertiary alicyclic amines) is 1. The molecule has 0 aromatic heterocycles. The monoisotopic (exact) mass is 295 g/mol. The number of carbonyl (C=O) groups excluding carboxylic acids is 2. The summed E-state index contributed by atoms with van der Waals surface area (Å²) in [6, 6.07) is 7.90. The summed E-state index contributed by atoms with van der Waals surface area (Å²) < 4.78 is 1.03. The van der Waals surface area contributed by atoms with Gasteiger partial charge in [0, 0.05) is 36.8 Å². The fourth-order valence-electron chi connectivity index (χ4n) is 1.89. The number of benzene rings is 1. The van der Waals surface area contributed by atoms with Gasteiger partial charge in [0.25, 0.3) is 0 Å². The number of ketones is 1. The summed E-state index contributed by atoms with van der Waals surface area (Å²) in [5, 5.41) is 0. The van der Waals surface area contributed by atoms with Gasteiger partial charge in [-0.05, 0) is 17.7 Å². The molecule has 1 saturated heterocycles. The molecule has 1 aliphatic rings. The molecule has 0 aliphatic carbocycles. The van der Waals surface area contributed by atoms with Gasteiger partial charge in [-0.2, -0.15) is 0 Å². The summed E-state index contributed by atoms with van der Waals surface area (Å²) in [7, 11) is 0. The van der Waals surface area contributed by atoms with E-state index in [4.69, 9.17) is 0 Å². The molecule has 17 heavy (non-hydrogen) atoms. The molecule has 0 radical (unpaired) electrons. The first-order valence-electron chi connectivity index (χ1n) is 5.69. The second-order valence-corrected chi connectivity index (χ2v) is 5.15. The molecule has 1 aromatic rings. The minimum absolute atomic E-state index is 0.0822. The maximum Gasteiger partial charge on any atom is 0.223 e. The summed E-state index contributed by atoms with van der Waals surface area (Å²) in [5.74, 6) is 0.274. The van der Waals surface area contributed by atoms with Crippen molar-refractivity contribution in [1.29, 1.82) is 0 Å². The summed E-state index contributed by atoms with van der Waals surface area (Å²) in [6.45, 7) is 1.15. The lowest BCUT2D eigenvalue weighted by atomic mass is 10.2. The topological polar surface area (TPSA) is 37.4 Å². The third-order valence-corrected chi connectivity index (χ3v) is 3.45.